The van der Waals surface area contributed by atoms with Gasteiger partial charge in [0, 0.05) is 24.4 Å². The molecule has 2 heterocycles. The minimum Gasteiger partial charge on any atom is -0.328 e. The van der Waals surface area contributed by atoms with Crippen LogP contribution in [0.25, 0.3) is 0 Å². The standard InChI is InChI=1S/C13H26N2S/c1-10(14)11-4-6-15(8-11)12-9-16-7-5-13(12,2)3/h10-12H,4-9,14H2,1-3H3. The highest BCUT2D eigenvalue weighted by Crippen LogP contribution is 2.39. The molecule has 2 aliphatic heterocycles. The lowest BCUT2D eigenvalue weighted by Gasteiger charge is -2.43. The van der Waals surface area contributed by atoms with E-state index in [0.717, 1.165) is 12.0 Å². The molecule has 16 heavy (non-hydrogen) atoms. The summed E-state index contributed by atoms with van der Waals surface area (Å²) in [5.41, 5.74) is 6.52. The zero-order valence-electron chi connectivity index (χ0n) is 10.9. The molecule has 2 rings (SSSR count). The molecule has 3 atom stereocenters. The van der Waals surface area contributed by atoms with E-state index in [9.17, 15) is 0 Å². The third-order valence-electron chi connectivity index (χ3n) is 4.51. The van der Waals surface area contributed by atoms with Gasteiger partial charge in [0.15, 0.2) is 0 Å². The molecule has 0 saturated carbocycles. The van der Waals surface area contributed by atoms with Crippen molar-refractivity contribution in [3.63, 3.8) is 0 Å². The number of thioether (sulfide) groups is 1. The molecule has 3 heteroatoms. The number of likely N-dealkylation sites (tertiary alicyclic amines) is 1. The molecule has 2 fully saturated rings. The van der Waals surface area contributed by atoms with E-state index in [4.69, 9.17) is 5.73 Å². The molecule has 0 aliphatic carbocycles. The lowest BCUT2D eigenvalue weighted by Crippen LogP contribution is -2.48. The summed E-state index contributed by atoms with van der Waals surface area (Å²) in [5, 5.41) is 0. The third kappa shape index (κ3) is 2.57. The van der Waals surface area contributed by atoms with Gasteiger partial charge >= 0.3 is 0 Å². The third-order valence-corrected chi connectivity index (χ3v) is 5.55. The van der Waals surface area contributed by atoms with Crippen LogP contribution in [0.15, 0.2) is 0 Å². The first kappa shape index (κ1) is 12.7. The van der Waals surface area contributed by atoms with E-state index in [1.54, 1.807) is 0 Å². The average molecular weight is 242 g/mol. The first-order chi connectivity index (χ1) is 7.50. The second-order valence-electron chi connectivity index (χ2n) is 6.23. The molecule has 0 amide bonds. The van der Waals surface area contributed by atoms with Gasteiger partial charge in [0.25, 0.3) is 0 Å². The van der Waals surface area contributed by atoms with Gasteiger partial charge in [-0.1, -0.05) is 13.8 Å². The maximum absolute atomic E-state index is 6.03. The van der Waals surface area contributed by atoms with Crippen LogP contribution in [0.2, 0.25) is 0 Å². The van der Waals surface area contributed by atoms with Crippen molar-refractivity contribution in [3.8, 4) is 0 Å². The van der Waals surface area contributed by atoms with Crippen molar-refractivity contribution in [2.75, 3.05) is 24.6 Å². The number of rotatable bonds is 2. The van der Waals surface area contributed by atoms with Crippen molar-refractivity contribution in [2.24, 2.45) is 17.1 Å². The molecule has 2 saturated heterocycles. The van der Waals surface area contributed by atoms with Crippen LogP contribution >= 0.6 is 11.8 Å². The fraction of sp³-hybridized carbons (Fsp3) is 1.00. The number of nitrogens with two attached hydrogens (primary N) is 1. The highest BCUT2D eigenvalue weighted by Gasteiger charge is 2.39. The van der Waals surface area contributed by atoms with E-state index in [1.165, 1.54) is 37.4 Å². The second kappa shape index (κ2) is 4.87. The van der Waals surface area contributed by atoms with Crippen molar-refractivity contribution in [2.45, 2.75) is 45.7 Å². The quantitative estimate of drug-likeness (QED) is 0.805. The van der Waals surface area contributed by atoms with Gasteiger partial charge in [0.2, 0.25) is 0 Å². The maximum Gasteiger partial charge on any atom is 0.0237 e. The number of hydrogen-bond donors (Lipinski definition) is 1. The smallest absolute Gasteiger partial charge is 0.0237 e. The zero-order valence-corrected chi connectivity index (χ0v) is 11.7. The fourth-order valence-electron chi connectivity index (χ4n) is 3.05. The van der Waals surface area contributed by atoms with Crippen molar-refractivity contribution < 1.29 is 0 Å². The van der Waals surface area contributed by atoms with Crippen LogP contribution in [-0.2, 0) is 0 Å². The predicted molar refractivity (Wildman–Crippen MR) is 72.8 cm³/mol. The number of nitrogens with zero attached hydrogens (tertiary/aromatic N) is 1. The Morgan fingerprint density at radius 1 is 1.44 bits per heavy atom. The van der Waals surface area contributed by atoms with Gasteiger partial charge in [-0.05, 0) is 43.4 Å². The molecule has 2 nitrogen and oxygen atoms in total. The average Bonchev–Trinajstić information content (AvgIpc) is 2.65. The molecule has 0 aromatic heterocycles. The monoisotopic (exact) mass is 242 g/mol. The topological polar surface area (TPSA) is 29.3 Å². The van der Waals surface area contributed by atoms with Gasteiger partial charge in [-0.25, -0.2) is 0 Å². The molecule has 0 spiro atoms. The summed E-state index contributed by atoms with van der Waals surface area (Å²) in [6.07, 6.45) is 2.66. The predicted octanol–water partition coefficient (Wildman–Crippen LogP) is 2.19. The Balaban J connectivity index is 1.97. The molecule has 94 valence electrons. The molecule has 3 unspecified atom stereocenters. The molecule has 0 aromatic carbocycles. The van der Waals surface area contributed by atoms with Gasteiger partial charge in [0.1, 0.15) is 0 Å². The maximum atomic E-state index is 6.03. The summed E-state index contributed by atoms with van der Waals surface area (Å²) in [6, 6.07) is 1.14. The second-order valence-corrected chi connectivity index (χ2v) is 7.38. The summed E-state index contributed by atoms with van der Waals surface area (Å²) >= 11 is 2.13. The van der Waals surface area contributed by atoms with Crippen molar-refractivity contribution >= 4 is 11.8 Å². The van der Waals surface area contributed by atoms with Crippen molar-refractivity contribution in [3.05, 3.63) is 0 Å². The van der Waals surface area contributed by atoms with Crippen LogP contribution in [0.5, 0.6) is 0 Å². The van der Waals surface area contributed by atoms with Gasteiger partial charge in [-0.15, -0.1) is 0 Å². The summed E-state index contributed by atoms with van der Waals surface area (Å²) in [7, 11) is 0. The van der Waals surface area contributed by atoms with Crippen LogP contribution in [0.1, 0.15) is 33.6 Å². The Morgan fingerprint density at radius 2 is 2.19 bits per heavy atom. The molecule has 0 aromatic rings. The molecular formula is C13H26N2S. The van der Waals surface area contributed by atoms with E-state index in [1.807, 2.05) is 0 Å². The Hall–Kier alpha value is 0.270. The van der Waals surface area contributed by atoms with Crippen molar-refractivity contribution in [1.82, 2.24) is 4.90 Å². The van der Waals surface area contributed by atoms with Gasteiger partial charge < -0.3 is 5.73 Å². The Morgan fingerprint density at radius 3 is 2.75 bits per heavy atom. The lowest BCUT2D eigenvalue weighted by atomic mass is 9.81. The van der Waals surface area contributed by atoms with E-state index >= 15 is 0 Å². The molecule has 0 radical (unpaired) electrons. The Labute approximate surface area is 104 Å². The number of hydrogen-bond acceptors (Lipinski definition) is 3. The van der Waals surface area contributed by atoms with Crippen LogP contribution in [0.3, 0.4) is 0 Å². The van der Waals surface area contributed by atoms with Crippen LogP contribution < -0.4 is 5.73 Å². The Bertz CT molecular complexity index is 240. The van der Waals surface area contributed by atoms with E-state index in [-0.39, 0.29) is 0 Å². The summed E-state index contributed by atoms with van der Waals surface area (Å²) in [6.45, 7) is 9.54. The van der Waals surface area contributed by atoms with Crippen LogP contribution in [0, 0.1) is 11.3 Å². The van der Waals surface area contributed by atoms with Gasteiger partial charge in [-0.2, -0.15) is 11.8 Å². The van der Waals surface area contributed by atoms with Gasteiger partial charge in [0.05, 0.1) is 0 Å². The summed E-state index contributed by atoms with van der Waals surface area (Å²) in [4.78, 5) is 2.71. The first-order valence-corrected chi connectivity index (χ1v) is 7.73. The molecule has 2 N–H and O–H groups in total. The molecule has 2 aliphatic rings. The van der Waals surface area contributed by atoms with Crippen molar-refractivity contribution in [1.29, 1.82) is 0 Å². The summed E-state index contributed by atoms with van der Waals surface area (Å²) in [5.74, 6) is 3.38. The first-order valence-electron chi connectivity index (χ1n) is 6.58. The summed E-state index contributed by atoms with van der Waals surface area (Å²) < 4.78 is 0. The van der Waals surface area contributed by atoms with Crippen LogP contribution in [0.4, 0.5) is 0 Å². The van der Waals surface area contributed by atoms with Crippen LogP contribution in [-0.4, -0.2) is 41.6 Å². The Kier molecular flexibility index (Phi) is 3.87. The minimum absolute atomic E-state index is 0.365. The molecular weight excluding hydrogens is 216 g/mol. The highest BCUT2D eigenvalue weighted by atomic mass is 32.2. The van der Waals surface area contributed by atoms with Gasteiger partial charge in [-0.3, -0.25) is 4.90 Å². The zero-order chi connectivity index (χ0) is 11.8. The van der Waals surface area contributed by atoms with E-state index in [0.29, 0.717) is 11.5 Å². The lowest BCUT2D eigenvalue weighted by molar-refractivity contribution is 0.116. The SMILES string of the molecule is CC(N)C1CCN(C2CSCCC2(C)C)C1. The van der Waals surface area contributed by atoms with E-state index in [2.05, 4.69) is 37.4 Å². The fourth-order valence-corrected chi connectivity index (χ4v) is 4.77. The van der Waals surface area contributed by atoms with E-state index < -0.39 is 0 Å². The highest BCUT2D eigenvalue weighted by molar-refractivity contribution is 7.99. The molecule has 0 bridgehead atoms. The normalized spacial score (nSPS) is 37.5. The largest absolute Gasteiger partial charge is 0.328 e. The minimum atomic E-state index is 0.365.